The summed E-state index contributed by atoms with van der Waals surface area (Å²) in [5, 5.41) is 16.4. The fraction of sp³-hybridized carbons (Fsp3) is 1.00. The number of hydrogen-bond acceptors (Lipinski definition) is 6. The molecule has 10 heteroatoms. The third-order valence-corrected chi connectivity index (χ3v) is 3.31. The fourth-order valence-corrected chi connectivity index (χ4v) is 2.53. The highest BCUT2D eigenvalue weighted by atomic mass is 28.3. The Morgan fingerprint density at radius 2 is 1.20 bits per heavy atom. The van der Waals surface area contributed by atoms with Gasteiger partial charge < -0.3 is 30.8 Å². The molecular formula is C5H21B3N6Si. The molecule has 1 heterocycles. The molecule has 15 heavy (non-hydrogen) atoms. The molecule has 1 fully saturated rings. The Labute approximate surface area is 94.6 Å². The van der Waals surface area contributed by atoms with Gasteiger partial charge in [-0.25, -0.2) is 0 Å². The highest BCUT2D eigenvalue weighted by Gasteiger charge is 2.36. The molecule has 0 aromatic rings. The SMILES string of the molecule is CNB1NB(NC)NB(N[Si](C)(C)C)N1. The largest absolute Gasteiger partial charge is 0.376 e. The predicted molar refractivity (Wildman–Crippen MR) is 71.3 cm³/mol. The Bertz CT molecular complexity index is 190. The van der Waals surface area contributed by atoms with Crippen LogP contribution in [-0.4, -0.2) is 43.7 Å². The maximum absolute atomic E-state index is 3.58. The van der Waals surface area contributed by atoms with E-state index in [1.165, 1.54) is 0 Å². The van der Waals surface area contributed by atoms with Gasteiger partial charge in [0.05, 0.1) is 0 Å². The van der Waals surface area contributed by atoms with E-state index in [4.69, 9.17) is 0 Å². The molecule has 0 atom stereocenters. The van der Waals surface area contributed by atoms with Crippen molar-refractivity contribution in [1.82, 2.24) is 30.8 Å². The van der Waals surface area contributed by atoms with Crippen LogP contribution in [0.5, 0.6) is 0 Å². The molecule has 0 aliphatic carbocycles. The maximum atomic E-state index is 3.58. The summed E-state index contributed by atoms with van der Waals surface area (Å²) in [7, 11) is 2.91. The number of hydrogen-bond donors (Lipinski definition) is 6. The van der Waals surface area contributed by atoms with Gasteiger partial charge in [-0.3, -0.25) is 0 Å². The standard InChI is InChI=1S/C5H21B3N6Si/c1-9-6-11-7(10-2)13-8(12-6)14-15(3,4)5/h9-14H,1-5H3. The van der Waals surface area contributed by atoms with Crippen molar-refractivity contribution in [3.63, 3.8) is 0 Å². The van der Waals surface area contributed by atoms with Crippen LogP contribution >= 0.6 is 0 Å². The second-order valence-electron chi connectivity index (χ2n) is 4.77. The van der Waals surface area contributed by atoms with Gasteiger partial charge in [0.2, 0.25) is 0 Å². The van der Waals surface area contributed by atoms with Crippen LogP contribution in [0.2, 0.25) is 19.6 Å². The monoisotopic (exact) mass is 226 g/mol. The van der Waals surface area contributed by atoms with Gasteiger partial charge >= 0.3 is 21.4 Å². The van der Waals surface area contributed by atoms with Crippen LogP contribution in [0.4, 0.5) is 0 Å². The van der Waals surface area contributed by atoms with Gasteiger partial charge in [-0.1, -0.05) is 19.6 Å². The van der Waals surface area contributed by atoms with E-state index < -0.39 is 8.24 Å². The molecule has 6 N–H and O–H groups in total. The quantitative estimate of drug-likeness (QED) is 0.300. The van der Waals surface area contributed by atoms with Gasteiger partial charge in [-0.05, 0) is 14.1 Å². The molecule has 1 aliphatic rings. The van der Waals surface area contributed by atoms with Crippen molar-refractivity contribution >= 4 is 29.6 Å². The highest BCUT2D eigenvalue weighted by molar-refractivity contribution is 6.91. The molecule has 0 aromatic heterocycles. The Balaban J connectivity index is 2.50. The summed E-state index contributed by atoms with van der Waals surface area (Å²) in [5.74, 6) is 0. The normalized spacial score (nSPS) is 18.6. The second kappa shape index (κ2) is 5.49. The van der Waals surface area contributed by atoms with Gasteiger partial charge in [-0.15, -0.1) is 0 Å². The summed E-state index contributed by atoms with van der Waals surface area (Å²) in [4.78, 5) is 3.58. The third kappa shape index (κ3) is 4.68. The molecule has 0 saturated carbocycles. The van der Waals surface area contributed by atoms with Gasteiger partial charge in [0, 0.05) is 0 Å². The zero-order valence-electron chi connectivity index (χ0n) is 10.2. The molecular weight excluding hydrogens is 205 g/mol. The minimum Gasteiger partial charge on any atom is -0.351 e. The molecule has 0 amide bonds. The molecule has 0 radical (unpaired) electrons. The zero-order chi connectivity index (χ0) is 11.5. The molecule has 0 unspecified atom stereocenters. The Kier molecular flexibility index (Phi) is 4.84. The van der Waals surface area contributed by atoms with E-state index in [9.17, 15) is 0 Å². The van der Waals surface area contributed by atoms with E-state index in [0.717, 1.165) is 0 Å². The zero-order valence-corrected chi connectivity index (χ0v) is 11.2. The molecule has 1 saturated heterocycles. The van der Waals surface area contributed by atoms with Gasteiger partial charge in [0.25, 0.3) is 0 Å². The Morgan fingerprint density at radius 3 is 1.53 bits per heavy atom. The lowest BCUT2D eigenvalue weighted by Crippen LogP contribution is -2.85. The smallest absolute Gasteiger partial charge is 0.351 e. The van der Waals surface area contributed by atoms with E-state index >= 15 is 0 Å². The molecule has 84 valence electrons. The maximum Gasteiger partial charge on any atom is 0.376 e. The predicted octanol–water partition coefficient (Wildman–Crippen LogP) is -2.41. The Hall–Kier alpha value is 0.172. The van der Waals surface area contributed by atoms with Crippen molar-refractivity contribution in [1.29, 1.82) is 0 Å². The summed E-state index contributed by atoms with van der Waals surface area (Å²) in [6, 6.07) is 0. The molecule has 6 nitrogen and oxygen atoms in total. The number of nitrogens with one attached hydrogen (secondary N) is 6. The van der Waals surface area contributed by atoms with Gasteiger partial charge in [0.15, 0.2) is 0 Å². The van der Waals surface area contributed by atoms with Crippen molar-refractivity contribution in [3.8, 4) is 0 Å². The first-order valence-corrected chi connectivity index (χ1v) is 8.85. The van der Waals surface area contributed by atoms with Crippen molar-refractivity contribution in [2.75, 3.05) is 14.1 Å². The van der Waals surface area contributed by atoms with E-state index in [1.54, 1.807) is 0 Å². The van der Waals surface area contributed by atoms with Crippen molar-refractivity contribution in [3.05, 3.63) is 0 Å². The fourth-order valence-electron chi connectivity index (χ4n) is 1.49. The summed E-state index contributed by atoms with van der Waals surface area (Å²) < 4.78 is 0. The minimum absolute atomic E-state index is 0.109. The van der Waals surface area contributed by atoms with Crippen LogP contribution in [-0.2, 0) is 0 Å². The third-order valence-electron chi connectivity index (χ3n) is 2.15. The lowest BCUT2D eigenvalue weighted by Gasteiger charge is -2.35. The van der Waals surface area contributed by atoms with Crippen LogP contribution in [0, 0.1) is 0 Å². The molecule has 0 bridgehead atoms. The lowest BCUT2D eigenvalue weighted by atomic mass is 9.65. The first kappa shape index (κ1) is 13.2. The summed E-state index contributed by atoms with van der Waals surface area (Å²) in [6.07, 6.45) is 0. The van der Waals surface area contributed by atoms with Gasteiger partial charge in [0.1, 0.15) is 8.24 Å². The average molecular weight is 226 g/mol. The first-order valence-electron chi connectivity index (χ1n) is 5.35. The van der Waals surface area contributed by atoms with Crippen LogP contribution in [0.15, 0.2) is 0 Å². The van der Waals surface area contributed by atoms with Gasteiger partial charge in [-0.2, -0.15) is 0 Å². The highest BCUT2D eigenvalue weighted by Crippen LogP contribution is 1.94. The number of rotatable bonds is 4. The van der Waals surface area contributed by atoms with Crippen molar-refractivity contribution in [2.45, 2.75) is 19.6 Å². The summed E-state index contributed by atoms with van der Waals surface area (Å²) in [5.41, 5.74) is 0. The summed E-state index contributed by atoms with van der Waals surface area (Å²) >= 11 is 0. The second-order valence-corrected chi connectivity index (χ2v) is 9.56. The minimum atomic E-state index is -1.29. The average Bonchev–Trinajstić information content (AvgIpc) is 2.14. The molecule has 1 rings (SSSR count). The topological polar surface area (TPSA) is 72.2 Å². The Morgan fingerprint density at radius 1 is 0.800 bits per heavy atom. The van der Waals surface area contributed by atoms with Crippen LogP contribution in [0.3, 0.4) is 0 Å². The van der Waals surface area contributed by atoms with Crippen molar-refractivity contribution < 1.29 is 0 Å². The van der Waals surface area contributed by atoms with E-state index in [-0.39, 0.29) is 21.4 Å². The molecule has 0 aromatic carbocycles. The lowest BCUT2D eigenvalue weighted by molar-refractivity contribution is 0.976. The molecule has 0 spiro atoms. The van der Waals surface area contributed by atoms with Crippen LogP contribution < -0.4 is 30.8 Å². The molecule has 1 aliphatic heterocycles. The summed E-state index contributed by atoms with van der Waals surface area (Å²) in [6.45, 7) is 6.84. The van der Waals surface area contributed by atoms with E-state index in [1.807, 2.05) is 14.1 Å². The van der Waals surface area contributed by atoms with E-state index in [0.29, 0.717) is 0 Å². The van der Waals surface area contributed by atoms with Crippen molar-refractivity contribution in [2.24, 2.45) is 0 Å². The first-order chi connectivity index (χ1) is 6.94. The van der Waals surface area contributed by atoms with Crippen LogP contribution in [0.1, 0.15) is 0 Å². The van der Waals surface area contributed by atoms with Crippen LogP contribution in [0.25, 0.3) is 0 Å². The van der Waals surface area contributed by atoms with E-state index in [2.05, 4.69) is 50.4 Å².